The second kappa shape index (κ2) is 10.6. The molecule has 6 nitrogen and oxygen atoms in total. The third-order valence-corrected chi connectivity index (χ3v) is 10.5. The normalized spacial score (nSPS) is 12.2. The predicted molar refractivity (Wildman–Crippen MR) is 213 cm³/mol. The Kier molecular flexibility index (Phi) is 5.68. The molecule has 12 aromatic rings. The molecule has 0 atom stereocenters. The highest BCUT2D eigenvalue weighted by Crippen LogP contribution is 2.44. The molecule has 8 aromatic carbocycles. The van der Waals surface area contributed by atoms with Crippen LogP contribution >= 0.6 is 0 Å². The number of aromatic nitrogens is 3. The number of hydrogen-bond donors (Lipinski definition) is 0. The number of hydrogen-bond acceptors (Lipinski definition) is 6. The average molecular weight is 680 g/mol. The van der Waals surface area contributed by atoms with Gasteiger partial charge in [0.2, 0.25) is 0 Å². The van der Waals surface area contributed by atoms with Gasteiger partial charge in [0, 0.05) is 59.8 Å². The molecule has 0 radical (unpaired) electrons. The molecule has 4 heterocycles. The minimum atomic E-state index is 0.547. The second-order valence-electron chi connectivity index (χ2n) is 13.5. The zero-order valence-corrected chi connectivity index (χ0v) is 28.0. The first-order valence-corrected chi connectivity index (χ1v) is 17.6. The summed E-state index contributed by atoms with van der Waals surface area (Å²) in [5.41, 5.74) is 7.41. The summed E-state index contributed by atoms with van der Waals surface area (Å²) in [6.45, 7) is 0. The van der Waals surface area contributed by atoms with Crippen molar-refractivity contribution in [2.75, 3.05) is 0 Å². The lowest BCUT2D eigenvalue weighted by atomic mass is 9.98. The lowest BCUT2D eigenvalue weighted by Crippen LogP contribution is -2.01. The monoisotopic (exact) mass is 679 g/mol. The Hall–Kier alpha value is -7.31. The van der Waals surface area contributed by atoms with E-state index in [9.17, 15) is 0 Å². The van der Waals surface area contributed by atoms with Crippen LogP contribution in [-0.2, 0) is 0 Å². The van der Waals surface area contributed by atoms with Gasteiger partial charge in [0.25, 0.3) is 0 Å². The smallest absolute Gasteiger partial charge is 0.164 e. The molecule has 4 aromatic heterocycles. The van der Waals surface area contributed by atoms with Crippen LogP contribution in [0.2, 0.25) is 0 Å². The maximum absolute atomic E-state index is 6.60. The number of para-hydroxylation sites is 3. The van der Waals surface area contributed by atoms with Gasteiger partial charge in [-0.1, -0.05) is 115 Å². The molecule has 0 saturated carbocycles. The molecule has 0 unspecified atom stereocenters. The van der Waals surface area contributed by atoms with E-state index in [2.05, 4.69) is 60.7 Å². The van der Waals surface area contributed by atoms with Crippen LogP contribution in [0.5, 0.6) is 0 Å². The minimum absolute atomic E-state index is 0.547. The Labute approximate surface area is 300 Å². The summed E-state index contributed by atoms with van der Waals surface area (Å²) in [7, 11) is 0. The van der Waals surface area contributed by atoms with E-state index in [1.807, 2.05) is 91.0 Å². The van der Waals surface area contributed by atoms with Gasteiger partial charge >= 0.3 is 0 Å². The molecule has 6 heteroatoms. The fraction of sp³-hybridized carbons (Fsp3) is 0. The SMILES string of the molecule is c1ccc2c(c1)cc(-c1nc(-c3cccc4oc5ccccc5c34)nc(-c3cc4ccccc4c4oc5ccccc5c34)n1)c1c3ccccc3oc21. The van der Waals surface area contributed by atoms with Gasteiger partial charge in [0.1, 0.15) is 33.5 Å². The van der Waals surface area contributed by atoms with Crippen molar-refractivity contribution in [3.63, 3.8) is 0 Å². The Morgan fingerprint density at radius 3 is 1.23 bits per heavy atom. The Morgan fingerprint density at radius 1 is 0.302 bits per heavy atom. The summed E-state index contributed by atoms with van der Waals surface area (Å²) in [5, 5.41) is 10.0. The van der Waals surface area contributed by atoms with Crippen molar-refractivity contribution in [2.24, 2.45) is 0 Å². The molecule has 0 aliphatic rings. The number of nitrogens with zero attached hydrogens (tertiary/aromatic N) is 3. The first-order valence-electron chi connectivity index (χ1n) is 17.6. The van der Waals surface area contributed by atoms with Gasteiger partial charge in [0.15, 0.2) is 17.5 Å². The average Bonchev–Trinajstić information content (AvgIpc) is 3.92. The molecular weight excluding hydrogens is 655 g/mol. The first-order chi connectivity index (χ1) is 26.3. The van der Waals surface area contributed by atoms with E-state index >= 15 is 0 Å². The van der Waals surface area contributed by atoms with Gasteiger partial charge in [-0.15, -0.1) is 0 Å². The van der Waals surface area contributed by atoms with Gasteiger partial charge in [-0.3, -0.25) is 0 Å². The maximum Gasteiger partial charge on any atom is 0.164 e. The van der Waals surface area contributed by atoms with Crippen LogP contribution in [-0.4, -0.2) is 15.0 Å². The van der Waals surface area contributed by atoms with Crippen LogP contribution in [0.25, 0.3) is 122 Å². The van der Waals surface area contributed by atoms with E-state index in [4.69, 9.17) is 28.2 Å². The van der Waals surface area contributed by atoms with Crippen LogP contribution in [0, 0.1) is 0 Å². The molecule has 0 N–H and O–H groups in total. The Balaban J connectivity index is 1.25. The van der Waals surface area contributed by atoms with Crippen LogP contribution in [0.4, 0.5) is 0 Å². The molecule has 0 amide bonds. The van der Waals surface area contributed by atoms with Crippen molar-refractivity contribution >= 4 is 87.4 Å². The number of rotatable bonds is 3. The third-order valence-electron chi connectivity index (χ3n) is 10.5. The Morgan fingerprint density at radius 2 is 0.698 bits per heavy atom. The minimum Gasteiger partial charge on any atom is -0.456 e. The predicted octanol–water partition coefficient (Wildman–Crippen LogP) is 12.9. The molecule has 0 bridgehead atoms. The summed E-state index contributed by atoms with van der Waals surface area (Å²) < 4.78 is 19.5. The standard InChI is InChI=1S/C47H25N3O3/c1-3-14-28-26(12-1)24-34(41-31-17-6-9-21-37(31)52-43(28)41)46-48-45(33-19-11-23-39-40(33)30-16-5-8-20-36(30)51-39)49-47(50-46)35-25-27-13-2-4-15-29(27)44-42(35)32-18-7-10-22-38(32)53-44/h1-25H. The fourth-order valence-electron chi connectivity index (χ4n) is 8.17. The molecular formula is C47H25N3O3. The van der Waals surface area contributed by atoms with Gasteiger partial charge in [-0.05, 0) is 47.2 Å². The third kappa shape index (κ3) is 4.06. The molecule has 0 aliphatic carbocycles. The van der Waals surface area contributed by atoms with E-state index in [1.165, 1.54) is 0 Å². The van der Waals surface area contributed by atoms with Crippen molar-refractivity contribution in [3.05, 3.63) is 152 Å². The molecule has 0 aliphatic heterocycles. The van der Waals surface area contributed by atoms with Crippen LogP contribution in [0.1, 0.15) is 0 Å². The quantitative estimate of drug-likeness (QED) is 0.185. The zero-order valence-electron chi connectivity index (χ0n) is 28.0. The van der Waals surface area contributed by atoms with E-state index in [1.54, 1.807) is 0 Å². The zero-order chi connectivity index (χ0) is 34.6. The van der Waals surface area contributed by atoms with Gasteiger partial charge < -0.3 is 13.3 Å². The fourth-order valence-corrected chi connectivity index (χ4v) is 8.17. The van der Waals surface area contributed by atoms with E-state index in [0.717, 1.165) is 104 Å². The maximum atomic E-state index is 6.60. The highest BCUT2D eigenvalue weighted by Gasteiger charge is 2.24. The molecule has 12 rings (SSSR count). The van der Waals surface area contributed by atoms with Gasteiger partial charge in [0.05, 0.1) is 0 Å². The number of furan rings is 3. The molecule has 0 spiro atoms. The van der Waals surface area contributed by atoms with Crippen molar-refractivity contribution in [3.8, 4) is 34.2 Å². The van der Waals surface area contributed by atoms with Crippen LogP contribution in [0.3, 0.4) is 0 Å². The topological polar surface area (TPSA) is 78.1 Å². The van der Waals surface area contributed by atoms with Crippen molar-refractivity contribution in [2.45, 2.75) is 0 Å². The Bertz CT molecular complexity index is 3310. The van der Waals surface area contributed by atoms with Crippen LogP contribution in [0.15, 0.2) is 165 Å². The summed E-state index contributed by atoms with van der Waals surface area (Å²) in [5.74, 6) is 1.64. The highest BCUT2D eigenvalue weighted by molar-refractivity contribution is 6.22. The first kappa shape index (κ1) is 28.4. The van der Waals surface area contributed by atoms with E-state index in [-0.39, 0.29) is 0 Å². The van der Waals surface area contributed by atoms with Gasteiger partial charge in [-0.25, -0.2) is 15.0 Å². The summed E-state index contributed by atoms with van der Waals surface area (Å²) in [6.07, 6.45) is 0. The molecule has 246 valence electrons. The van der Waals surface area contributed by atoms with Crippen molar-refractivity contribution in [1.29, 1.82) is 0 Å². The summed E-state index contributed by atoms with van der Waals surface area (Å²) in [4.78, 5) is 16.1. The van der Waals surface area contributed by atoms with Crippen molar-refractivity contribution < 1.29 is 13.3 Å². The lowest BCUT2D eigenvalue weighted by molar-refractivity contribution is 0.669. The van der Waals surface area contributed by atoms with E-state index in [0.29, 0.717) is 17.5 Å². The second-order valence-corrected chi connectivity index (χ2v) is 13.5. The van der Waals surface area contributed by atoms with Crippen molar-refractivity contribution in [1.82, 2.24) is 15.0 Å². The molecule has 53 heavy (non-hydrogen) atoms. The van der Waals surface area contributed by atoms with Crippen LogP contribution < -0.4 is 0 Å². The molecule has 0 fully saturated rings. The van der Waals surface area contributed by atoms with E-state index < -0.39 is 0 Å². The van der Waals surface area contributed by atoms with Gasteiger partial charge in [-0.2, -0.15) is 0 Å². The highest BCUT2D eigenvalue weighted by atomic mass is 16.3. The number of benzene rings is 8. The summed E-state index contributed by atoms with van der Waals surface area (Å²) >= 11 is 0. The number of fused-ring (bicyclic) bond motifs is 13. The summed E-state index contributed by atoms with van der Waals surface area (Å²) in [6, 6.07) is 51.5. The largest absolute Gasteiger partial charge is 0.456 e. The lowest BCUT2D eigenvalue weighted by Gasteiger charge is -2.12. The molecule has 0 saturated heterocycles.